The highest BCUT2D eigenvalue weighted by Crippen LogP contribution is 2.36. The Balaban J connectivity index is 2.59. The molecular weight excluding hydrogens is 318 g/mol. The largest absolute Gasteiger partial charge is 0.507 e. The zero-order valence-corrected chi connectivity index (χ0v) is 14.9. The number of aromatic nitrogens is 1. The first-order valence-corrected chi connectivity index (χ1v) is 7.93. The maximum Gasteiger partial charge on any atom is 0.342 e. The van der Waals surface area contributed by atoms with Gasteiger partial charge in [-0.1, -0.05) is 23.8 Å². The molecular formula is C20H23NO4. The van der Waals surface area contributed by atoms with Crippen molar-refractivity contribution in [2.75, 3.05) is 14.2 Å². The molecule has 0 bridgehead atoms. The van der Waals surface area contributed by atoms with E-state index in [-0.39, 0.29) is 11.3 Å². The number of carbonyl (C=O) groups is 1. The van der Waals surface area contributed by atoms with E-state index in [9.17, 15) is 9.90 Å². The van der Waals surface area contributed by atoms with Crippen LogP contribution in [0.5, 0.6) is 11.5 Å². The monoisotopic (exact) mass is 341 g/mol. The third-order valence-electron chi connectivity index (χ3n) is 3.80. The van der Waals surface area contributed by atoms with Crippen LogP contribution in [0.1, 0.15) is 40.9 Å². The molecule has 2 N–H and O–H groups in total. The van der Waals surface area contributed by atoms with E-state index in [1.165, 1.54) is 14.2 Å². The van der Waals surface area contributed by atoms with Gasteiger partial charge < -0.3 is 19.6 Å². The van der Waals surface area contributed by atoms with Crippen molar-refractivity contribution in [2.24, 2.45) is 0 Å². The van der Waals surface area contributed by atoms with Crippen LogP contribution < -0.4 is 4.74 Å². The van der Waals surface area contributed by atoms with Gasteiger partial charge in [0.2, 0.25) is 0 Å². The van der Waals surface area contributed by atoms with Crippen molar-refractivity contribution in [1.29, 1.82) is 0 Å². The number of nitrogens with one attached hydrogen (secondary N) is 1. The van der Waals surface area contributed by atoms with Crippen LogP contribution in [0.3, 0.4) is 0 Å². The first kappa shape index (κ1) is 18.4. The Labute approximate surface area is 147 Å². The van der Waals surface area contributed by atoms with E-state index in [1.807, 2.05) is 44.5 Å². The lowest BCUT2D eigenvalue weighted by Gasteiger charge is -2.15. The summed E-state index contributed by atoms with van der Waals surface area (Å²) in [4.78, 5) is 15.2. The van der Waals surface area contributed by atoms with Gasteiger partial charge in [0.15, 0.2) is 0 Å². The molecule has 132 valence electrons. The van der Waals surface area contributed by atoms with Crippen LogP contribution in [0.2, 0.25) is 0 Å². The first-order chi connectivity index (χ1) is 12.0. The molecule has 5 heteroatoms. The predicted molar refractivity (Wildman–Crippen MR) is 98.9 cm³/mol. The smallest absolute Gasteiger partial charge is 0.342 e. The van der Waals surface area contributed by atoms with Crippen LogP contribution in [0.25, 0.3) is 12.2 Å². The molecule has 0 amide bonds. The number of benzene rings is 1. The summed E-state index contributed by atoms with van der Waals surface area (Å²) in [5.74, 6) is -0.180. The molecule has 0 aliphatic carbocycles. The number of phenols is 1. The summed E-state index contributed by atoms with van der Waals surface area (Å²) < 4.78 is 10.3. The van der Waals surface area contributed by atoms with E-state index in [0.29, 0.717) is 23.3 Å². The minimum atomic E-state index is -0.590. The molecule has 0 fully saturated rings. The summed E-state index contributed by atoms with van der Waals surface area (Å²) in [6.07, 6.45) is 9.66. The van der Waals surface area contributed by atoms with Gasteiger partial charge in [-0.05, 0) is 43.5 Å². The molecule has 0 saturated heterocycles. The molecule has 0 atom stereocenters. The number of rotatable bonds is 6. The molecule has 25 heavy (non-hydrogen) atoms. The van der Waals surface area contributed by atoms with E-state index in [2.05, 4.69) is 4.98 Å². The molecule has 2 aromatic rings. The summed E-state index contributed by atoms with van der Waals surface area (Å²) in [7, 11) is 2.83. The Morgan fingerprint density at radius 3 is 2.60 bits per heavy atom. The summed E-state index contributed by atoms with van der Waals surface area (Å²) in [5, 5.41) is 10.7. The van der Waals surface area contributed by atoms with Gasteiger partial charge in [-0.25, -0.2) is 4.79 Å². The van der Waals surface area contributed by atoms with Crippen LogP contribution in [0.4, 0.5) is 0 Å². The van der Waals surface area contributed by atoms with E-state index < -0.39 is 5.97 Å². The van der Waals surface area contributed by atoms with Crippen LogP contribution in [-0.2, 0) is 11.2 Å². The highest BCUT2D eigenvalue weighted by atomic mass is 16.5. The molecule has 0 aliphatic rings. The number of H-pyrrole nitrogens is 1. The number of hydrogen-bond acceptors (Lipinski definition) is 4. The number of methoxy groups -OCH3 is 2. The number of esters is 1. The third-order valence-corrected chi connectivity index (χ3v) is 3.80. The van der Waals surface area contributed by atoms with Gasteiger partial charge in [0.05, 0.1) is 14.2 Å². The minimum Gasteiger partial charge on any atom is -0.507 e. The normalized spacial score (nSPS) is 10.7. The Hall–Kier alpha value is -2.95. The highest BCUT2D eigenvalue weighted by molar-refractivity contribution is 5.98. The van der Waals surface area contributed by atoms with Gasteiger partial charge in [0, 0.05) is 18.0 Å². The van der Waals surface area contributed by atoms with Crippen LogP contribution in [0, 0.1) is 0 Å². The Morgan fingerprint density at radius 2 is 2.04 bits per heavy atom. The topological polar surface area (TPSA) is 71.6 Å². The van der Waals surface area contributed by atoms with Crippen molar-refractivity contribution < 1.29 is 19.4 Å². The minimum absolute atomic E-state index is 0.114. The lowest BCUT2D eigenvalue weighted by molar-refractivity contribution is 0.0597. The maximum atomic E-state index is 12.2. The summed E-state index contributed by atoms with van der Waals surface area (Å²) >= 11 is 0. The summed E-state index contributed by atoms with van der Waals surface area (Å²) in [6.45, 7) is 3.94. The fourth-order valence-corrected chi connectivity index (χ4v) is 2.46. The van der Waals surface area contributed by atoms with E-state index in [4.69, 9.17) is 9.47 Å². The van der Waals surface area contributed by atoms with E-state index >= 15 is 0 Å². The third kappa shape index (κ3) is 4.32. The van der Waals surface area contributed by atoms with Crippen LogP contribution >= 0.6 is 0 Å². The second kappa shape index (κ2) is 8.24. The van der Waals surface area contributed by atoms with Gasteiger partial charge in [0.25, 0.3) is 0 Å². The predicted octanol–water partition coefficient (Wildman–Crippen LogP) is 4.19. The number of aromatic amines is 1. The number of hydrogen-bond donors (Lipinski definition) is 2. The zero-order chi connectivity index (χ0) is 18.4. The number of aromatic hydroxyl groups is 1. The average Bonchev–Trinajstić information content (AvgIpc) is 3.11. The molecule has 1 aromatic carbocycles. The van der Waals surface area contributed by atoms with Crippen molar-refractivity contribution in [3.8, 4) is 11.5 Å². The molecule has 5 nitrogen and oxygen atoms in total. The fourth-order valence-electron chi connectivity index (χ4n) is 2.46. The van der Waals surface area contributed by atoms with E-state index in [0.717, 1.165) is 11.1 Å². The molecule has 1 heterocycles. The molecule has 0 spiro atoms. The highest BCUT2D eigenvalue weighted by Gasteiger charge is 2.22. The number of carbonyl (C=O) groups excluding carboxylic acids is 1. The lowest BCUT2D eigenvalue weighted by atomic mass is 9.97. The first-order valence-electron chi connectivity index (χ1n) is 7.93. The van der Waals surface area contributed by atoms with Crippen molar-refractivity contribution >= 4 is 18.1 Å². The van der Waals surface area contributed by atoms with Crippen LogP contribution in [-0.4, -0.2) is 30.3 Å². The zero-order valence-electron chi connectivity index (χ0n) is 14.9. The van der Waals surface area contributed by atoms with Gasteiger partial charge in [-0.3, -0.25) is 0 Å². The van der Waals surface area contributed by atoms with Gasteiger partial charge in [-0.15, -0.1) is 0 Å². The molecule has 0 saturated carbocycles. The Morgan fingerprint density at radius 1 is 1.28 bits per heavy atom. The van der Waals surface area contributed by atoms with Crippen LogP contribution in [0.15, 0.2) is 36.2 Å². The van der Waals surface area contributed by atoms with Gasteiger partial charge >= 0.3 is 5.97 Å². The van der Waals surface area contributed by atoms with Crippen molar-refractivity contribution in [3.63, 3.8) is 0 Å². The lowest BCUT2D eigenvalue weighted by Crippen LogP contribution is -2.07. The van der Waals surface area contributed by atoms with Crippen molar-refractivity contribution in [2.45, 2.75) is 20.3 Å². The number of allylic oxidation sites excluding steroid dienone is 2. The molecule has 0 aliphatic heterocycles. The maximum absolute atomic E-state index is 12.2. The molecule has 1 aromatic heterocycles. The fraction of sp³-hybridized carbons (Fsp3) is 0.250. The van der Waals surface area contributed by atoms with Gasteiger partial charge in [0.1, 0.15) is 17.1 Å². The number of ether oxygens (including phenoxy) is 2. The standard InChI is InChI=1S/C20H23NO4/c1-13(2)5-8-16-17(24-3)11-15(7-6-14-9-10-21-12-14)18(19(16)22)20(23)25-4/h5-7,9-12,21-22H,8H2,1-4H3/b7-6+. The Kier molecular flexibility index (Phi) is 6.06. The molecule has 2 rings (SSSR count). The summed E-state index contributed by atoms with van der Waals surface area (Å²) in [6, 6.07) is 3.64. The Bertz CT molecular complexity index is 798. The SMILES string of the molecule is COC(=O)c1c(/C=C/c2cc[nH]c2)cc(OC)c(CC=C(C)C)c1O. The quantitative estimate of drug-likeness (QED) is 0.610. The van der Waals surface area contributed by atoms with E-state index in [1.54, 1.807) is 12.1 Å². The average molecular weight is 341 g/mol. The van der Waals surface area contributed by atoms with Crippen molar-refractivity contribution in [3.05, 3.63) is 58.4 Å². The second-order valence-electron chi connectivity index (χ2n) is 5.83. The molecule has 0 radical (unpaired) electrons. The second-order valence-corrected chi connectivity index (χ2v) is 5.83. The van der Waals surface area contributed by atoms with Crippen molar-refractivity contribution in [1.82, 2.24) is 4.98 Å². The van der Waals surface area contributed by atoms with Gasteiger partial charge in [-0.2, -0.15) is 0 Å². The number of phenolic OH excluding ortho intramolecular Hbond substituents is 1. The molecule has 0 unspecified atom stereocenters. The summed E-state index contributed by atoms with van der Waals surface area (Å²) in [5.41, 5.74) is 3.28.